The van der Waals surface area contributed by atoms with Gasteiger partial charge in [0.1, 0.15) is 0 Å². The van der Waals surface area contributed by atoms with Gasteiger partial charge in [0.05, 0.1) is 6.10 Å². The van der Waals surface area contributed by atoms with E-state index in [1.807, 2.05) is 13.8 Å². The molecule has 64 valence electrons. The van der Waals surface area contributed by atoms with E-state index in [1.54, 1.807) is 11.8 Å². The topological polar surface area (TPSA) is 20.2 Å². The van der Waals surface area contributed by atoms with Crippen LogP contribution in [-0.2, 0) is 0 Å². The van der Waals surface area contributed by atoms with Gasteiger partial charge in [0.25, 0.3) is 0 Å². The van der Waals surface area contributed by atoms with Gasteiger partial charge in [-0.25, -0.2) is 0 Å². The SMILES string of the molecule is CC#CCC(C)SCC(C)O. The van der Waals surface area contributed by atoms with Gasteiger partial charge in [-0.05, 0) is 13.8 Å². The van der Waals surface area contributed by atoms with Crippen LogP contribution in [0.3, 0.4) is 0 Å². The number of hydrogen-bond acceptors (Lipinski definition) is 2. The van der Waals surface area contributed by atoms with Crippen LogP contribution in [0.2, 0.25) is 0 Å². The monoisotopic (exact) mass is 172 g/mol. The normalized spacial score (nSPS) is 14.9. The largest absolute Gasteiger partial charge is 0.393 e. The van der Waals surface area contributed by atoms with Crippen molar-refractivity contribution in [1.29, 1.82) is 0 Å². The van der Waals surface area contributed by atoms with Crippen molar-refractivity contribution in [3.8, 4) is 11.8 Å². The van der Waals surface area contributed by atoms with Crippen LogP contribution < -0.4 is 0 Å². The van der Waals surface area contributed by atoms with E-state index in [4.69, 9.17) is 5.11 Å². The van der Waals surface area contributed by atoms with Crippen molar-refractivity contribution in [2.45, 2.75) is 38.5 Å². The van der Waals surface area contributed by atoms with Crippen molar-refractivity contribution in [1.82, 2.24) is 0 Å². The number of aliphatic hydroxyl groups excluding tert-OH is 1. The van der Waals surface area contributed by atoms with Gasteiger partial charge in [0.2, 0.25) is 0 Å². The van der Waals surface area contributed by atoms with Gasteiger partial charge in [0, 0.05) is 17.4 Å². The highest BCUT2D eigenvalue weighted by molar-refractivity contribution is 7.99. The quantitative estimate of drug-likeness (QED) is 0.654. The molecule has 1 nitrogen and oxygen atoms in total. The van der Waals surface area contributed by atoms with E-state index in [1.165, 1.54) is 0 Å². The third kappa shape index (κ3) is 7.77. The maximum absolute atomic E-state index is 8.97. The summed E-state index contributed by atoms with van der Waals surface area (Å²) < 4.78 is 0. The Kier molecular flexibility index (Phi) is 6.49. The molecule has 0 aliphatic carbocycles. The van der Waals surface area contributed by atoms with E-state index in [2.05, 4.69) is 18.8 Å². The zero-order chi connectivity index (χ0) is 8.69. The molecule has 0 aromatic heterocycles. The molecule has 0 aromatic rings. The second-order valence-corrected chi connectivity index (χ2v) is 4.10. The standard InChI is InChI=1S/C9H16OS/c1-4-5-6-9(3)11-7-8(2)10/h8-10H,6-7H2,1-3H3. The number of hydrogen-bond donors (Lipinski definition) is 1. The lowest BCUT2D eigenvalue weighted by Gasteiger charge is -2.08. The predicted octanol–water partition coefficient (Wildman–Crippen LogP) is 1.90. The summed E-state index contributed by atoms with van der Waals surface area (Å²) in [5, 5.41) is 9.51. The summed E-state index contributed by atoms with van der Waals surface area (Å²) in [5.74, 6) is 6.69. The molecular weight excluding hydrogens is 156 g/mol. The Morgan fingerprint density at radius 2 is 2.09 bits per heavy atom. The molecule has 0 radical (unpaired) electrons. The molecule has 0 bridgehead atoms. The lowest BCUT2D eigenvalue weighted by Crippen LogP contribution is -2.06. The van der Waals surface area contributed by atoms with E-state index < -0.39 is 0 Å². The first kappa shape index (κ1) is 10.9. The first-order valence-electron chi connectivity index (χ1n) is 3.86. The molecule has 0 amide bonds. The van der Waals surface area contributed by atoms with Crippen LogP contribution in [0.25, 0.3) is 0 Å². The maximum Gasteiger partial charge on any atom is 0.0602 e. The van der Waals surface area contributed by atoms with Crippen molar-refractivity contribution in [2.24, 2.45) is 0 Å². The second-order valence-electron chi connectivity index (χ2n) is 2.62. The minimum atomic E-state index is -0.197. The molecule has 0 aliphatic rings. The third-order valence-corrected chi connectivity index (χ3v) is 2.60. The minimum Gasteiger partial charge on any atom is -0.393 e. The van der Waals surface area contributed by atoms with Gasteiger partial charge >= 0.3 is 0 Å². The highest BCUT2D eigenvalue weighted by atomic mass is 32.2. The van der Waals surface area contributed by atoms with Crippen molar-refractivity contribution < 1.29 is 5.11 Å². The van der Waals surface area contributed by atoms with Crippen molar-refractivity contribution in [3.05, 3.63) is 0 Å². The second kappa shape index (κ2) is 6.57. The van der Waals surface area contributed by atoms with Gasteiger partial charge in [0.15, 0.2) is 0 Å². The van der Waals surface area contributed by atoms with Crippen molar-refractivity contribution >= 4 is 11.8 Å². The third-order valence-electron chi connectivity index (χ3n) is 1.19. The molecule has 2 unspecified atom stereocenters. The number of thioether (sulfide) groups is 1. The molecule has 0 aromatic carbocycles. The van der Waals surface area contributed by atoms with Gasteiger partial charge in [-0.2, -0.15) is 11.8 Å². The van der Waals surface area contributed by atoms with Crippen LogP contribution in [0.4, 0.5) is 0 Å². The fourth-order valence-electron chi connectivity index (χ4n) is 0.608. The molecule has 0 heterocycles. The van der Waals surface area contributed by atoms with E-state index in [-0.39, 0.29) is 6.10 Å². The van der Waals surface area contributed by atoms with Crippen LogP contribution in [0.1, 0.15) is 27.2 Å². The van der Waals surface area contributed by atoms with Crippen LogP contribution in [0.15, 0.2) is 0 Å². The Bertz CT molecular complexity index is 143. The molecular formula is C9H16OS. The fraction of sp³-hybridized carbons (Fsp3) is 0.778. The van der Waals surface area contributed by atoms with E-state index >= 15 is 0 Å². The van der Waals surface area contributed by atoms with Crippen LogP contribution in [-0.4, -0.2) is 22.2 Å². The lowest BCUT2D eigenvalue weighted by molar-refractivity contribution is 0.220. The minimum absolute atomic E-state index is 0.197. The Balaban J connectivity index is 3.34. The summed E-state index contributed by atoms with van der Waals surface area (Å²) in [6, 6.07) is 0. The molecule has 2 heteroatoms. The number of aliphatic hydroxyl groups is 1. The van der Waals surface area contributed by atoms with Gasteiger partial charge in [-0.15, -0.1) is 11.8 Å². The zero-order valence-electron chi connectivity index (χ0n) is 7.42. The van der Waals surface area contributed by atoms with Crippen LogP contribution in [0, 0.1) is 11.8 Å². The molecule has 0 rings (SSSR count). The Morgan fingerprint density at radius 1 is 1.45 bits per heavy atom. The summed E-state index contributed by atoms with van der Waals surface area (Å²) in [5.41, 5.74) is 0. The van der Waals surface area contributed by atoms with Gasteiger partial charge < -0.3 is 5.11 Å². The molecule has 1 N–H and O–H groups in total. The van der Waals surface area contributed by atoms with E-state index in [0.717, 1.165) is 12.2 Å². The Hall–Kier alpha value is -0.130. The molecule has 2 atom stereocenters. The molecule has 0 fully saturated rings. The van der Waals surface area contributed by atoms with E-state index in [0.29, 0.717) is 5.25 Å². The average Bonchev–Trinajstić information content (AvgIpc) is 1.97. The lowest BCUT2D eigenvalue weighted by atomic mass is 10.3. The highest BCUT2D eigenvalue weighted by Gasteiger charge is 2.02. The van der Waals surface area contributed by atoms with Gasteiger partial charge in [-0.1, -0.05) is 6.92 Å². The molecule has 0 saturated carbocycles. The molecule has 11 heavy (non-hydrogen) atoms. The molecule has 0 spiro atoms. The maximum atomic E-state index is 8.97. The summed E-state index contributed by atoms with van der Waals surface area (Å²) in [6.45, 7) is 5.80. The molecule has 0 saturated heterocycles. The zero-order valence-corrected chi connectivity index (χ0v) is 8.24. The van der Waals surface area contributed by atoms with Crippen molar-refractivity contribution in [3.63, 3.8) is 0 Å². The first-order valence-corrected chi connectivity index (χ1v) is 4.91. The highest BCUT2D eigenvalue weighted by Crippen LogP contribution is 2.14. The summed E-state index contributed by atoms with van der Waals surface area (Å²) in [4.78, 5) is 0. The summed E-state index contributed by atoms with van der Waals surface area (Å²) >= 11 is 1.77. The predicted molar refractivity (Wildman–Crippen MR) is 51.7 cm³/mol. The average molecular weight is 172 g/mol. The van der Waals surface area contributed by atoms with Crippen LogP contribution in [0.5, 0.6) is 0 Å². The Morgan fingerprint density at radius 3 is 2.55 bits per heavy atom. The van der Waals surface area contributed by atoms with Crippen molar-refractivity contribution in [2.75, 3.05) is 5.75 Å². The first-order chi connectivity index (χ1) is 5.16. The smallest absolute Gasteiger partial charge is 0.0602 e. The van der Waals surface area contributed by atoms with Crippen LogP contribution >= 0.6 is 11.8 Å². The fourth-order valence-corrected chi connectivity index (χ4v) is 1.42. The van der Waals surface area contributed by atoms with Gasteiger partial charge in [-0.3, -0.25) is 0 Å². The number of rotatable bonds is 4. The summed E-state index contributed by atoms with van der Waals surface area (Å²) in [7, 11) is 0. The van der Waals surface area contributed by atoms with E-state index in [9.17, 15) is 0 Å². The molecule has 0 aliphatic heterocycles. The summed E-state index contributed by atoms with van der Waals surface area (Å²) in [6.07, 6.45) is 0.727. The Labute approximate surface area is 73.6 Å².